The van der Waals surface area contributed by atoms with Crippen molar-refractivity contribution in [1.82, 2.24) is 19.2 Å². The quantitative estimate of drug-likeness (QED) is 0.182. The van der Waals surface area contributed by atoms with Crippen molar-refractivity contribution >= 4 is 27.6 Å². The Hall–Kier alpha value is -4.10. The fraction of sp³-hybridized carbons (Fsp3) is 0.421. The second kappa shape index (κ2) is 13.1. The Morgan fingerprint density at radius 1 is 0.867 bits per heavy atom. The minimum absolute atomic E-state index is 0.435. The van der Waals surface area contributed by atoms with E-state index in [4.69, 9.17) is 9.84 Å². The Labute approximate surface area is 265 Å². The molecule has 1 saturated heterocycles. The first-order valence-corrected chi connectivity index (χ1v) is 16.9. The van der Waals surface area contributed by atoms with Crippen molar-refractivity contribution in [2.24, 2.45) is 7.05 Å². The third-order valence-corrected chi connectivity index (χ3v) is 9.84. The lowest BCUT2D eigenvalue weighted by Gasteiger charge is -2.26. The summed E-state index contributed by atoms with van der Waals surface area (Å²) in [5.74, 6) is 0.0213. The van der Waals surface area contributed by atoms with Gasteiger partial charge in [-0.15, -0.1) is 0 Å². The molecule has 2 aromatic heterocycles. The fourth-order valence-corrected chi connectivity index (χ4v) is 7.73. The third-order valence-electron chi connectivity index (χ3n) is 9.84. The number of aromatic carboxylic acids is 1. The van der Waals surface area contributed by atoms with E-state index < -0.39 is 5.97 Å². The average molecular weight is 605 g/mol. The van der Waals surface area contributed by atoms with Crippen LogP contribution in [0.15, 0.2) is 60.7 Å². The zero-order valence-electron chi connectivity index (χ0n) is 26.4. The lowest BCUT2D eigenvalue weighted by Crippen LogP contribution is -2.29. The smallest absolute Gasteiger partial charge is 0.352 e. The molecule has 0 bridgehead atoms. The van der Waals surface area contributed by atoms with Gasteiger partial charge in [0.15, 0.2) is 0 Å². The number of ether oxygens (including phenoxy) is 1. The van der Waals surface area contributed by atoms with Gasteiger partial charge in [-0.05, 0) is 75.1 Å². The number of aryl methyl sites for hydroxylation is 3. The van der Waals surface area contributed by atoms with E-state index in [1.807, 2.05) is 24.3 Å². The van der Waals surface area contributed by atoms with Crippen LogP contribution in [0.2, 0.25) is 0 Å². The molecule has 0 radical (unpaired) electrons. The van der Waals surface area contributed by atoms with E-state index >= 15 is 0 Å². The molecule has 0 aliphatic carbocycles. The summed E-state index contributed by atoms with van der Waals surface area (Å²) in [7, 11) is 2.08. The molecule has 0 amide bonds. The molecule has 0 spiro atoms. The molecule has 4 heterocycles. The van der Waals surface area contributed by atoms with E-state index in [0.717, 1.165) is 102 Å². The Kier molecular flexibility index (Phi) is 8.61. The maximum atomic E-state index is 13.0. The molecule has 5 aromatic rings. The van der Waals surface area contributed by atoms with Crippen LogP contribution in [-0.4, -0.2) is 50.0 Å². The number of hydrogen-bond acceptors (Lipinski definition) is 4. The predicted octanol–water partition coefficient (Wildman–Crippen LogP) is 8.01. The summed E-state index contributed by atoms with van der Waals surface area (Å²) in [5.41, 5.74) is 7.14. The number of likely N-dealkylation sites (tertiary alicyclic amines) is 1. The first-order valence-electron chi connectivity index (χ1n) is 16.9. The molecule has 45 heavy (non-hydrogen) atoms. The zero-order valence-corrected chi connectivity index (χ0v) is 26.4. The summed E-state index contributed by atoms with van der Waals surface area (Å²) in [4.78, 5) is 15.6. The number of carboxylic acid groups (broad SMARTS) is 1. The molecule has 2 aliphatic rings. The van der Waals surface area contributed by atoms with Crippen molar-refractivity contribution in [3.05, 3.63) is 83.3 Å². The van der Waals surface area contributed by atoms with Crippen LogP contribution in [0.25, 0.3) is 32.8 Å². The van der Waals surface area contributed by atoms with Gasteiger partial charge < -0.3 is 14.4 Å². The number of carbonyl (C=O) groups is 1. The van der Waals surface area contributed by atoms with Crippen LogP contribution < -0.4 is 4.74 Å². The summed E-state index contributed by atoms with van der Waals surface area (Å²) < 4.78 is 10.5. The highest BCUT2D eigenvalue weighted by Gasteiger charge is 2.28. The van der Waals surface area contributed by atoms with Gasteiger partial charge in [0.2, 0.25) is 0 Å². The molecule has 1 fully saturated rings. The lowest BCUT2D eigenvalue weighted by atomic mass is 9.96. The molecule has 0 saturated carbocycles. The van der Waals surface area contributed by atoms with E-state index in [9.17, 15) is 9.90 Å². The molecule has 7 rings (SSSR count). The Bertz CT molecular complexity index is 1820. The maximum absolute atomic E-state index is 13.0. The van der Waals surface area contributed by atoms with E-state index in [0.29, 0.717) is 25.3 Å². The summed E-state index contributed by atoms with van der Waals surface area (Å²) in [5, 5.41) is 19.1. The van der Waals surface area contributed by atoms with Crippen LogP contribution in [-0.2, 0) is 33.0 Å². The van der Waals surface area contributed by atoms with Gasteiger partial charge in [-0.2, -0.15) is 5.10 Å². The summed E-state index contributed by atoms with van der Waals surface area (Å²) in [6.07, 6.45) is 10.4. The zero-order chi connectivity index (χ0) is 30.8. The first kappa shape index (κ1) is 29.6. The number of hydrogen-bond donors (Lipinski definition) is 1. The van der Waals surface area contributed by atoms with Gasteiger partial charge in [0.25, 0.3) is 0 Å². The standard InChI is InChI=1S/C38H44N4O3/c1-40-33-20-5-2-3-10-24-42-36-29(17-12-18-31(36)35(33)32(39-40)26-41-22-8-4-9-23-41)30(37(42)38(43)44)19-13-25-45-34-21-11-15-27-14-6-7-16-28(27)34/h6-7,11-12,14-18,21H,2-5,8-10,13,19-20,22-26H2,1H3,(H,43,44). The number of nitrogens with zero attached hydrogens (tertiary/aromatic N) is 4. The first-order chi connectivity index (χ1) is 22.1. The Morgan fingerprint density at radius 3 is 2.47 bits per heavy atom. The van der Waals surface area contributed by atoms with Gasteiger partial charge in [0.05, 0.1) is 17.8 Å². The number of carboxylic acids is 1. The number of benzene rings is 3. The SMILES string of the molecule is Cn1nc(CN2CCCCC2)c2c1CCCCCCn1c(C(=O)O)c(CCCOc3cccc4ccccc34)c3cccc-2c31. The molecular weight excluding hydrogens is 560 g/mol. The van der Waals surface area contributed by atoms with Gasteiger partial charge in [0.1, 0.15) is 11.4 Å². The number of fused-ring (bicyclic) bond motifs is 3. The van der Waals surface area contributed by atoms with Crippen molar-refractivity contribution < 1.29 is 14.6 Å². The van der Waals surface area contributed by atoms with Crippen LogP contribution >= 0.6 is 0 Å². The minimum atomic E-state index is -0.850. The van der Waals surface area contributed by atoms with E-state index in [2.05, 4.69) is 57.6 Å². The van der Waals surface area contributed by atoms with Crippen molar-refractivity contribution in [3.8, 4) is 16.9 Å². The highest BCUT2D eigenvalue weighted by Crippen LogP contribution is 2.40. The second-order valence-corrected chi connectivity index (χ2v) is 12.8. The maximum Gasteiger partial charge on any atom is 0.352 e. The third kappa shape index (κ3) is 5.86. The summed E-state index contributed by atoms with van der Waals surface area (Å²) >= 11 is 0. The summed E-state index contributed by atoms with van der Waals surface area (Å²) in [6.45, 7) is 4.29. The van der Waals surface area contributed by atoms with Crippen molar-refractivity contribution in [2.75, 3.05) is 19.7 Å². The van der Waals surface area contributed by atoms with E-state index in [1.54, 1.807) is 0 Å². The van der Waals surface area contributed by atoms with Gasteiger partial charge >= 0.3 is 5.97 Å². The monoisotopic (exact) mass is 604 g/mol. The molecule has 0 unspecified atom stereocenters. The highest BCUT2D eigenvalue weighted by atomic mass is 16.5. The van der Waals surface area contributed by atoms with Gasteiger partial charge in [-0.1, -0.05) is 73.9 Å². The largest absolute Gasteiger partial charge is 0.493 e. The van der Waals surface area contributed by atoms with E-state index in [-0.39, 0.29) is 0 Å². The molecule has 2 aliphatic heterocycles. The van der Waals surface area contributed by atoms with Crippen LogP contribution in [0.3, 0.4) is 0 Å². The lowest BCUT2D eigenvalue weighted by molar-refractivity contribution is 0.0684. The fourth-order valence-electron chi connectivity index (χ4n) is 7.73. The molecular formula is C38H44N4O3. The van der Waals surface area contributed by atoms with Gasteiger partial charge in [-0.3, -0.25) is 9.58 Å². The van der Waals surface area contributed by atoms with Crippen molar-refractivity contribution in [1.29, 1.82) is 0 Å². The molecule has 1 N–H and O–H groups in total. The minimum Gasteiger partial charge on any atom is -0.493 e. The summed E-state index contributed by atoms with van der Waals surface area (Å²) in [6, 6.07) is 20.8. The average Bonchev–Trinajstić information content (AvgIpc) is 3.53. The molecule has 7 nitrogen and oxygen atoms in total. The number of piperidine rings is 1. The molecule has 3 aromatic carbocycles. The van der Waals surface area contributed by atoms with Crippen molar-refractivity contribution in [2.45, 2.75) is 77.3 Å². The van der Waals surface area contributed by atoms with E-state index in [1.165, 1.54) is 30.5 Å². The Balaban J connectivity index is 1.28. The van der Waals surface area contributed by atoms with Crippen LogP contribution in [0, 0.1) is 0 Å². The molecule has 0 atom stereocenters. The van der Waals surface area contributed by atoms with Gasteiger partial charge in [-0.25, -0.2) is 4.79 Å². The second-order valence-electron chi connectivity index (χ2n) is 12.8. The van der Waals surface area contributed by atoms with Gasteiger partial charge in [0, 0.05) is 47.7 Å². The number of rotatable bonds is 8. The van der Waals surface area contributed by atoms with Crippen molar-refractivity contribution in [3.63, 3.8) is 0 Å². The Morgan fingerprint density at radius 2 is 1.60 bits per heavy atom. The number of aromatic nitrogens is 3. The number of para-hydroxylation sites is 1. The highest BCUT2D eigenvalue weighted by molar-refractivity contribution is 6.04. The van der Waals surface area contributed by atoms with Crippen LogP contribution in [0.4, 0.5) is 0 Å². The molecule has 7 heteroatoms. The van der Waals surface area contributed by atoms with Crippen LogP contribution in [0.1, 0.15) is 78.8 Å². The normalized spacial score (nSPS) is 16.0. The topological polar surface area (TPSA) is 72.5 Å². The van der Waals surface area contributed by atoms with Crippen LogP contribution in [0.5, 0.6) is 5.75 Å². The predicted molar refractivity (Wildman–Crippen MR) is 180 cm³/mol. The molecule has 234 valence electrons.